The first kappa shape index (κ1) is 30.2. The third kappa shape index (κ3) is 4.18. The van der Waals surface area contributed by atoms with Crippen LogP contribution in [0, 0.1) is 0 Å². The minimum atomic E-state index is -0.107. The molecule has 53 heavy (non-hydrogen) atoms. The first-order valence-electron chi connectivity index (χ1n) is 18.7. The minimum Gasteiger partial charge on any atom is -0.0622 e. The molecule has 0 aromatic heterocycles. The summed E-state index contributed by atoms with van der Waals surface area (Å²) in [7, 11) is 0. The number of rotatable bonds is 3. The van der Waals surface area contributed by atoms with Gasteiger partial charge in [0.15, 0.2) is 0 Å². The van der Waals surface area contributed by atoms with Crippen molar-refractivity contribution in [3.8, 4) is 44.5 Å². The zero-order valence-corrected chi connectivity index (χ0v) is 29.8. The van der Waals surface area contributed by atoms with E-state index in [4.69, 9.17) is 0 Å². The maximum absolute atomic E-state index is 2.39. The smallest absolute Gasteiger partial charge is 0.0159 e. The van der Waals surface area contributed by atoms with Gasteiger partial charge < -0.3 is 0 Å². The zero-order valence-electron chi connectivity index (χ0n) is 29.8. The van der Waals surface area contributed by atoms with Gasteiger partial charge in [-0.15, -0.1) is 0 Å². The van der Waals surface area contributed by atoms with E-state index >= 15 is 0 Å². The Hall–Kier alpha value is -6.50. The third-order valence-electron chi connectivity index (χ3n) is 12.0. The summed E-state index contributed by atoms with van der Waals surface area (Å²) in [5.74, 6) is 0. The standard InChI is InChI=1S/C53H36/c1-53(2)46-29-15-14-19-34(46)44-31-32-45(39-28-16-30-47(53)50(39)44)49-37-22-8-12-26-42(37)52(43-27-13-9-23-38(43)49)51-40-24-10-6-20-35(40)48(33-17-4-3-5-18-33)36-21-7-11-25-41(36)51/h3-32H,1-2H3. The van der Waals surface area contributed by atoms with Crippen molar-refractivity contribution in [3.63, 3.8) is 0 Å². The Morgan fingerprint density at radius 1 is 0.264 bits per heavy atom. The lowest BCUT2D eigenvalue weighted by molar-refractivity contribution is 0.645. The lowest BCUT2D eigenvalue weighted by atomic mass is 9.68. The number of benzene rings is 10. The molecule has 0 heteroatoms. The molecule has 0 saturated heterocycles. The summed E-state index contributed by atoms with van der Waals surface area (Å²) < 4.78 is 0. The predicted molar refractivity (Wildman–Crippen MR) is 228 cm³/mol. The van der Waals surface area contributed by atoms with Crippen LogP contribution in [0.3, 0.4) is 0 Å². The van der Waals surface area contributed by atoms with E-state index in [1.807, 2.05) is 0 Å². The number of hydrogen-bond donors (Lipinski definition) is 0. The molecule has 0 radical (unpaired) electrons. The lowest BCUT2D eigenvalue weighted by Crippen LogP contribution is -2.23. The summed E-state index contributed by atoms with van der Waals surface area (Å²) in [5, 5.41) is 12.9. The fourth-order valence-electron chi connectivity index (χ4n) is 9.78. The van der Waals surface area contributed by atoms with Crippen LogP contribution in [-0.4, -0.2) is 0 Å². The monoisotopic (exact) mass is 672 g/mol. The van der Waals surface area contributed by atoms with E-state index < -0.39 is 0 Å². The Bertz CT molecular complexity index is 3010. The average Bonchev–Trinajstić information content (AvgIpc) is 3.21. The molecule has 0 spiro atoms. The molecule has 1 aliphatic carbocycles. The van der Waals surface area contributed by atoms with Crippen LogP contribution in [0.5, 0.6) is 0 Å². The molecule has 248 valence electrons. The Morgan fingerprint density at radius 2 is 0.660 bits per heavy atom. The van der Waals surface area contributed by atoms with Gasteiger partial charge in [0.25, 0.3) is 0 Å². The van der Waals surface area contributed by atoms with Crippen LogP contribution in [0.4, 0.5) is 0 Å². The van der Waals surface area contributed by atoms with E-state index in [1.54, 1.807) is 0 Å². The normalized spacial score (nSPS) is 13.2. The van der Waals surface area contributed by atoms with Crippen molar-refractivity contribution in [1.29, 1.82) is 0 Å². The quantitative estimate of drug-likeness (QED) is 0.164. The second kappa shape index (κ2) is 11.2. The summed E-state index contributed by atoms with van der Waals surface area (Å²) in [4.78, 5) is 0. The SMILES string of the molecule is CC1(C)c2ccccc2-c2ccc(-c3c4ccccc4c(-c4c5ccccc5c(-c5ccccc5)c5ccccc45)c4ccccc34)c3cccc1c23. The molecule has 10 aromatic rings. The zero-order chi connectivity index (χ0) is 35.3. The van der Waals surface area contributed by atoms with Crippen LogP contribution < -0.4 is 0 Å². The summed E-state index contributed by atoms with van der Waals surface area (Å²) >= 11 is 0. The fraction of sp³-hybridized carbons (Fsp3) is 0.0566. The Labute approximate surface area is 309 Å². The van der Waals surface area contributed by atoms with Gasteiger partial charge in [-0.3, -0.25) is 0 Å². The highest BCUT2D eigenvalue weighted by atomic mass is 14.4. The molecule has 0 atom stereocenters. The summed E-state index contributed by atoms with van der Waals surface area (Å²) in [6.45, 7) is 4.76. The van der Waals surface area contributed by atoms with Gasteiger partial charge >= 0.3 is 0 Å². The van der Waals surface area contributed by atoms with E-state index in [1.165, 1.54) is 109 Å². The molecule has 0 bridgehead atoms. The second-order valence-electron chi connectivity index (χ2n) is 15.1. The minimum absolute atomic E-state index is 0.107. The topological polar surface area (TPSA) is 0 Å². The van der Waals surface area contributed by atoms with Crippen molar-refractivity contribution < 1.29 is 0 Å². The molecule has 0 heterocycles. The maximum atomic E-state index is 2.39. The van der Waals surface area contributed by atoms with Crippen molar-refractivity contribution >= 4 is 53.9 Å². The van der Waals surface area contributed by atoms with Crippen LogP contribution in [0.2, 0.25) is 0 Å². The van der Waals surface area contributed by atoms with Crippen molar-refractivity contribution in [3.05, 3.63) is 193 Å². The van der Waals surface area contributed by atoms with Gasteiger partial charge in [0.2, 0.25) is 0 Å². The lowest BCUT2D eigenvalue weighted by Gasteiger charge is -2.35. The van der Waals surface area contributed by atoms with Gasteiger partial charge in [-0.05, 0) is 109 Å². The highest BCUT2D eigenvalue weighted by Crippen LogP contribution is 2.53. The predicted octanol–water partition coefficient (Wildman–Crippen LogP) is 14.8. The van der Waals surface area contributed by atoms with Gasteiger partial charge in [-0.25, -0.2) is 0 Å². The fourth-order valence-corrected chi connectivity index (χ4v) is 9.78. The molecule has 0 nitrogen and oxygen atoms in total. The van der Waals surface area contributed by atoms with Crippen LogP contribution in [-0.2, 0) is 5.41 Å². The molecule has 11 rings (SSSR count). The summed E-state index contributed by atoms with van der Waals surface area (Å²) in [6, 6.07) is 67.9. The summed E-state index contributed by atoms with van der Waals surface area (Å²) in [6.07, 6.45) is 0. The first-order valence-corrected chi connectivity index (χ1v) is 18.7. The van der Waals surface area contributed by atoms with Crippen LogP contribution in [0.15, 0.2) is 182 Å². The summed E-state index contributed by atoms with van der Waals surface area (Å²) in [5.41, 5.74) is 13.1. The highest BCUT2D eigenvalue weighted by Gasteiger charge is 2.34. The van der Waals surface area contributed by atoms with Gasteiger partial charge in [0.05, 0.1) is 0 Å². The maximum Gasteiger partial charge on any atom is 0.0159 e. The Morgan fingerprint density at radius 3 is 1.21 bits per heavy atom. The highest BCUT2D eigenvalue weighted by molar-refractivity contribution is 6.31. The molecular formula is C53H36. The van der Waals surface area contributed by atoms with Crippen LogP contribution in [0.1, 0.15) is 25.0 Å². The molecule has 0 saturated carbocycles. The van der Waals surface area contributed by atoms with Crippen molar-refractivity contribution in [1.82, 2.24) is 0 Å². The van der Waals surface area contributed by atoms with Gasteiger partial charge in [-0.1, -0.05) is 196 Å². The van der Waals surface area contributed by atoms with Gasteiger partial charge in [0.1, 0.15) is 0 Å². The molecule has 0 fully saturated rings. The first-order chi connectivity index (χ1) is 26.1. The Balaban J connectivity index is 1.29. The molecule has 0 unspecified atom stereocenters. The van der Waals surface area contributed by atoms with E-state index in [2.05, 4.69) is 196 Å². The van der Waals surface area contributed by atoms with Gasteiger partial charge in [0, 0.05) is 5.41 Å². The molecule has 0 amide bonds. The molecule has 0 N–H and O–H groups in total. The van der Waals surface area contributed by atoms with Crippen LogP contribution >= 0.6 is 0 Å². The van der Waals surface area contributed by atoms with Crippen molar-refractivity contribution in [2.75, 3.05) is 0 Å². The number of hydrogen-bond acceptors (Lipinski definition) is 0. The second-order valence-corrected chi connectivity index (χ2v) is 15.1. The molecule has 0 aliphatic heterocycles. The molecule has 1 aliphatic rings. The van der Waals surface area contributed by atoms with Crippen molar-refractivity contribution in [2.45, 2.75) is 19.3 Å². The largest absolute Gasteiger partial charge is 0.0622 e. The van der Waals surface area contributed by atoms with E-state index in [9.17, 15) is 0 Å². The van der Waals surface area contributed by atoms with Crippen molar-refractivity contribution in [2.24, 2.45) is 0 Å². The van der Waals surface area contributed by atoms with E-state index in [0.717, 1.165) is 0 Å². The van der Waals surface area contributed by atoms with Gasteiger partial charge in [-0.2, -0.15) is 0 Å². The molecular weight excluding hydrogens is 637 g/mol. The van der Waals surface area contributed by atoms with E-state index in [0.29, 0.717) is 0 Å². The van der Waals surface area contributed by atoms with E-state index in [-0.39, 0.29) is 5.41 Å². The molecule has 10 aromatic carbocycles. The Kier molecular flexibility index (Phi) is 6.40. The average molecular weight is 673 g/mol. The number of fused-ring (bicyclic) bond motifs is 6. The van der Waals surface area contributed by atoms with Crippen LogP contribution in [0.25, 0.3) is 98.4 Å². The third-order valence-corrected chi connectivity index (χ3v) is 12.0.